The van der Waals surface area contributed by atoms with Crippen LogP contribution in [-0.4, -0.2) is 25.6 Å². The Labute approximate surface area is 132 Å². The van der Waals surface area contributed by atoms with Crippen molar-refractivity contribution >= 4 is 5.91 Å². The molecule has 1 aromatic rings. The van der Waals surface area contributed by atoms with Crippen molar-refractivity contribution in [2.75, 3.05) is 19.7 Å². The van der Waals surface area contributed by atoms with Crippen molar-refractivity contribution in [2.45, 2.75) is 39.2 Å². The lowest BCUT2D eigenvalue weighted by molar-refractivity contribution is -0.125. The lowest BCUT2D eigenvalue weighted by atomic mass is 9.99. The summed E-state index contributed by atoms with van der Waals surface area (Å²) in [5, 5.41) is 6.36. The molecule has 1 amide bonds. The first kappa shape index (κ1) is 15.3. The first-order valence-corrected chi connectivity index (χ1v) is 8.43. The van der Waals surface area contributed by atoms with Gasteiger partial charge in [0.15, 0.2) is 0 Å². The summed E-state index contributed by atoms with van der Waals surface area (Å²) in [4.78, 5) is 12.2. The van der Waals surface area contributed by atoms with Crippen LogP contribution in [0.5, 0.6) is 5.75 Å². The summed E-state index contributed by atoms with van der Waals surface area (Å²) < 4.78 is 5.96. The average molecular weight is 302 g/mol. The molecule has 0 radical (unpaired) electrons. The largest absolute Gasteiger partial charge is 0.493 e. The molecule has 4 nitrogen and oxygen atoms in total. The Kier molecular flexibility index (Phi) is 4.98. The van der Waals surface area contributed by atoms with Crippen LogP contribution in [0.3, 0.4) is 0 Å². The summed E-state index contributed by atoms with van der Waals surface area (Å²) in [7, 11) is 0. The minimum Gasteiger partial charge on any atom is -0.493 e. The van der Waals surface area contributed by atoms with Crippen LogP contribution in [0, 0.1) is 18.8 Å². The van der Waals surface area contributed by atoms with Crippen molar-refractivity contribution < 1.29 is 9.53 Å². The highest BCUT2D eigenvalue weighted by molar-refractivity contribution is 5.79. The summed E-state index contributed by atoms with van der Waals surface area (Å²) >= 11 is 0. The predicted molar refractivity (Wildman–Crippen MR) is 86.8 cm³/mol. The fourth-order valence-electron chi connectivity index (χ4n) is 2.84. The van der Waals surface area contributed by atoms with Crippen LogP contribution >= 0.6 is 0 Å². The van der Waals surface area contributed by atoms with Gasteiger partial charge in [-0.1, -0.05) is 12.1 Å². The Hall–Kier alpha value is -1.55. The number of amides is 1. The molecule has 0 spiro atoms. The Balaban J connectivity index is 1.57. The number of benzene rings is 1. The fraction of sp³-hybridized carbons (Fsp3) is 0.611. The molecule has 22 heavy (non-hydrogen) atoms. The standard InChI is InChI=1S/C18H26N2O2/c1-13-4-7-15(17(9-13)22-12-14-5-6-14)11-20-18(21)16-3-2-8-19-10-16/h4,7,9,14,16,19H,2-3,5-6,8,10-12H2,1H3,(H,20,21). The lowest BCUT2D eigenvalue weighted by Gasteiger charge is -2.22. The van der Waals surface area contributed by atoms with Gasteiger partial charge in [0.1, 0.15) is 5.75 Å². The minimum absolute atomic E-state index is 0.107. The van der Waals surface area contributed by atoms with Gasteiger partial charge in [-0.3, -0.25) is 4.79 Å². The van der Waals surface area contributed by atoms with Gasteiger partial charge in [-0.2, -0.15) is 0 Å². The van der Waals surface area contributed by atoms with Gasteiger partial charge < -0.3 is 15.4 Å². The van der Waals surface area contributed by atoms with Crippen LogP contribution in [-0.2, 0) is 11.3 Å². The first-order valence-electron chi connectivity index (χ1n) is 8.43. The molecule has 2 fully saturated rings. The third-order valence-corrected chi connectivity index (χ3v) is 4.51. The molecule has 1 aromatic carbocycles. The van der Waals surface area contributed by atoms with Gasteiger partial charge in [0.25, 0.3) is 0 Å². The van der Waals surface area contributed by atoms with Crippen molar-refractivity contribution in [3.63, 3.8) is 0 Å². The van der Waals surface area contributed by atoms with E-state index in [0.717, 1.165) is 49.8 Å². The fourth-order valence-corrected chi connectivity index (χ4v) is 2.84. The number of rotatable bonds is 6. The molecular formula is C18H26N2O2. The molecule has 1 saturated heterocycles. The van der Waals surface area contributed by atoms with E-state index in [1.165, 1.54) is 18.4 Å². The Morgan fingerprint density at radius 3 is 2.95 bits per heavy atom. The van der Waals surface area contributed by atoms with Crippen molar-refractivity contribution in [2.24, 2.45) is 11.8 Å². The minimum atomic E-state index is 0.107. The second-order valence-electron chi connectivity index (χ2n) is 6.63. The number of piperidine rings is 1. The smallest absolute Gasteiger partial charge is 0.224 e. The molecule has 4 heteroatoms. The van der Waals surface area contributed by atoms with Crippen molar-refractivity contribution in [3.05, 3.63) is 29.3 Å². The highest BCUT2D eigenvalue weighted by atomic mass is 16.5. The van der Waals surface area contributed by atoms with Gasteiger partial charge >= 0.3 is 0 Å². The second kappa shape index (κ2) is 7.14. The molecular weight excluding hydrogens is 276 g/mol. The molecule has 0 aromatic heterocycles. The van der Waals surface area contributed by atoms with Crippen molar-refractivity contribution in [3.8, 4) is 5.75 Å². The molecule has 1 unspecified atom stereocenters. The third kappa shape index (κ3) is 4.23. The Bertz CT molecular complexity index is 520. The SMILES string of the molecule is Cc1ccc(CNC(=O)C2CCCNC2)c(OCC2CC2)c1. The van der Waals surface area contributed by atoms with Crippen LogP contribution in [0.15, 0.2) is 18.2 Å². The van der Waals surface area contributed by atoms with Crippen LogP contribution in [0.25, 0.3) is 0 Å². The third-order valence-electron chi connectivity index (χ3n) is 4.51. The highest BCUT2D eigenvalue weighted by Gasteiger charge is 2.23. The first-order chi connectivity index (χ1) is 10.7. The normalized spacial score (nSPS) is 21.4. The zero-order chi connectivity index (χ0) is 15.4. The zero-order valence-corrected chi connectivity index (χ0v) is 13.4. The average Bonchev–Trinajstić information content (AvgIpc) is 3.37. The van der Waals surface area contributed by atoms with Gasteiger partial charge in [0, 0.05) is 18.7 Å². The lowest BCUT2D eigenvalue weighted by Crippen LogP contribution is -2.40. The van der Waals surface area contributed by atoms with Crippen LogP contribution in [0.2, 0.25) is 0 Å². The van der Waals surface area contributed by atoms with Gasteiger partial charge in [0.2, 0.25) is 5.91 Å². The Morgan fingerprint density at radius 1 is 1.36 bits per heavy atom. The molecule has 0 bridgehead atoms. The maximum Gasteiger partial charge on any atom is 0.224 e. The summed E-state index contributed by atoms with van der Waals surface area (Å²) in [6.07, 6.45) is 4.63. The van der Waals surface area contributed by atoms with E-state index in [9.17, 15) is 4.79 Å². The molecule has 1 aliphatic carbocycles. The summed E-state index contributed by atoms with van der Waals surface area (Å²) in [5.74, 6) is 1.92. The van der Waals surface area contributed by atoms with Gasteiger partial charge in [-0.25, -0.2) is 0 Å². The van der Waals surface area contributed by atoms with Crippen LogP contribution < -0.4 is 15.4 Å². The number of hydrogen-bond donors (Lipinski definition) is 2. The molecule has 2 aliphatic rings. The van der Waals surface area contributed by atoms with Crippen molar-refractivity contribution in [1.29, 1.82) is 0 Å². The molecule has 1 saturated carbocycles. The summed E-state index contributed by atoms with van der Waals surface area (Å²) in [6, 6.07) is 6.22. The van der Waals surface area contributed by atoms with Gasteiger partial charge in [-0.05, 0) is 56.7 Å². The maximum atomic E-state index is 12.2. The monoisotopic (exact) mass is 302 g/mol. The predicted octanol–water partition coefficient (Wildman–Crippen LogP) is 2.40. The van der Waals surface area contributed by atoms with E-state index in [4.69, 9.17) is 4.74 Å². The molecule has 1 atom stereocenters. The van der Waals surface area contributed by atoms with Crippen LogP contribution in [0.1, 0.15) is 36.8 Å². The number of hydrogen-bond acceptors (Lipinski definition) is 3. The molecule has 3 rings (SSSR count). The van der Waals surface area contributed by atoms with Gasteiger partial charge in [-0.15, -0.1) is 0 Å². The van der Waals surface area contributed by atoms with E-state index in [-0.39, 0.29) is 11.8 Å². The highest BCUT2D eigenvalue weighted by Crippen LogP contribution is 2.30. The summed E-state index contributed by atoms with van der Waals surface area (Å²) in [5.41, 5.74) is 2.26. The second-order valence-corrected chi connectivity index (χ2v) is 6.63. The van der Waals surface area contributed by atoms with E-state index < -0.39 is 0 Å². The van der Waals surface area contributed by atoms with Crippen LogP contribution in [0.4, 0.5) is 0 Å². The molecule has 2 N–H and O–H groups in total. The Morgan fingerprint density at radius 2 is 2.23 bits per heavy atom. The number of ether oxygens (including phenoxy) is 1. The van der Waals surface area contributed by atoms with E-state index in [2.05, 4.69) is 35.8 Å². The van der Waals surface area contributed by atoms with E-state index in [1.807, 2.05) is 0 Å². The molecule has 1 aliphatic heterocycles. The van der Waals surface area contributed by atoms with E-state index in [1.54, 1.807) is 0 Å². The van der Waals surface area contributed by atoms with Crippen molar-refractivity contribution in [1.82, 2.24) is 10.6 Å². The number of carbonyl (C=O) groups is 1. The number of carbonyl (C=O) groups excluding carboxylic acids is 1. The molecule has 1 heterocycles. The number of aryl methyl sites for hydroxylation is 1. The topological polar surface area (TPSA) is 50.4 Å². The summed E-state index contributed by atoms with van der Waals surface area (Å²) in [6.45, 7) is 5.25. The van der Waals surface area contributed by atoms with Gasteiger partial charge in [0.05, 0.1) is 12.5 Å². The molecule has 120 valence electrons. The maximum absolute atomic E-state index is 12.2. The number of nitrogens with one attached hydrogen (secondary N) is 2. The zero-order valence-electron chi connectivity index (χ0n) is 13.4. The van der Waals surface area contributed by atoms with E-state index >= 15 is 0 Å². The quantitative estimate of drug-likeness (QED) is 0.848. The van der Waals surface area contributed by atoms with E-state index in [0.29, 0.717) is 6.54 Å².